The second-order valence-corrected chi connectivity index (χ2v) is 6.11. The van der Waals surface area contributed by atoms with Crippen molar-refractivity contribution >= 4 is 23.1 Å². The van der Waals surface area contributed by atoms with Crippen LogP contribution in [0.3, 0.4) is 0 Å². The maximum absolute atomic E-state index is 3.38. The van der Waals surface area contributed by atoms with E-state index in [4.69, 9.17) is 0 Å². The molecule has 3 heteroatoms. The first-order valence-corrected chi connectivity index (χ1v) is 7.52. The van der Waals surface area contributed by atoms with Gasteiger partial charge in [-0.3, -0.25) is 0 Å². The van der Waals surface area contributed by atoms with Crippen LogP contribution in [0.25, 0.3) is 0 Å². The Morgan fingerprint density at radius 3 is 2.71 bits per heavy atom. The number of hydrogen-bond donors (Lipinski definition) is 1. The molecular formula is C14H17NS2. The van der Waals surface area contributed by atoms with Gasteiger partial charge in [0.15, 0.2) is 0 Å². The standard InChI is InChI=1S/C14H17NS2/c1-3-12(15-2)11-7-4-5-8-13(11)17-14-9-6-10-16-14/h4-10,12,15H,3H2,1-2H3. The molecule has 1 aromatic heterocycles. The van der Waals surface area contributed by atoms with E-state index in [1.54, 1.807) is 11.3 Å². The second kappa shape index (κ2) is 6.24. The summed E-state index contributed by atoms with van der Waals surface area (Å²) in [5, 5.41) is 5.50. The van der Waals surface area contributed by atoms with Crippen molar-refractivity contribution in [1.82, 2.24) is 5.32 Å². The number of thiophene rings is 1. The van der Waals surface area contributed by atoms with Crippen LogP contribution in [-0.2, 0) is 0 Å². The van der Waals surface area contributed by atoms with Crippen LogP contribution in [0.1, 0.15) is 24.9 Å². The Kier molecular flexibility index (Phi) is 4.66. The summed E-state index contributed by atoms with van der Waals surface area (Å²) in [5.74, 6) is 0. The molecule has 1 nitrogen and oxygen atoms in total. The second-order valence-electron chi connectivity index (χ2n) is 3.82. The molecule has 0 fully saturated rings. The molecule has 0 aliphatic rings. The zero-order chi connectivity index (χ0) is 12.1. The highest BCUT2D eigenvalue weighted by molar-refractivity contribution is 8.01. The number of benzene rings is 1. The van der Waals surface area contributed by atoms with Crippen LogP contribution >= 0.6 is 23.1 Å². The summed E-state index contributed by atoms with van der Waals surface area (Å²) in [6, 6.07) is 13.4. The highest BCUT2D eigenvalue weighted by Gasteiger charge is 2.12. The Morgan fingerprint density at radius 1 is 1.24 bits per heavy atom. The Hall–Kier alpha value is -0.770. The van der Waals surface area contributed by atoms with E-state index in [1.165, 1.54) is 14.7 Å². The van der Waals surface area contributed by atoms with E-state index in [2.05, 4.69) is 54.0 Å². The van der Waals surface area contributed by atoms with Crippen LogP contribution in [0.15, 0.2) is 50.9 Å². The predicted octanol–water partition coefficient (Wildman–Crippen LogP) is 4.57. The van der Waals surface area contributed by atoms with E-state index < -0.39 is 0 Å². The van der Waals surface area contributed by atoms with Crippen molar-refractivity contribution < 1.29 is 0 Å². The molecule has 0 aliphatic heterocycles. The summed E-state index contributed by atoms with van der Waals surface area (Å²) in [6.07, 6.45) is 1.11. The van der Waals surface area contributed by atoms with Crippen LogP contribution in [0.5, 0.6) is 0 Å². The minimum atomic E-state index is 0.443. The molecule has 0 bridgehead atoms. The number of rotatable bonds is 5. The fraction of sp³-hybridized carbons (Fsp3) is 0.286. The molecule has 0 spiro atoms. The van der Waals surface area contributed by atoms with Crippen LogP contribution < -0.4 is 5.32 Å². The van der Waals surface area contributed by atoms with Gasteiger partial charge in [-0.25, -0.2) is 0 Å². The van der Waals surface area contributed by atoms with Crippen molar-refractivity contribution in [2.75, 3.05) is 7.05 Å². The fourth-order valence-corrected chi connectivity index (χ4v) is 3.79. The molecule has 90 valence electrons. The van der Waals surface area contributed by atoms with Gasteiger partial charge in [-0.1, -0.05) is 43.0 Å². The number of nitrogens with one attached hydrogen (secondary N) is 1. The van der Waals surface area contributed by atoms with Gasteiger partial charge in [0, 0.05) is 10.9 Å². The van der Waals surface area contributed by atoms with Gasteiger partial charge in [0.25, 0.3) is 0 Å². The Balaban J connectivity index is 2.27. The van der Waals surface area contributed by atoms with Crippen LogP contribution in [0.4, 0.5) is 0 Å². The molecule has 0 aliphatic carbocycles. The fourth-order valence-electron chi connectivity index (χ4n) is 1.87. The lowest BCUT2D eigenvalue weighted by atomic mass is 10.1. The van der Waals surface area contributed by atoms with Crippen LogP contribution in [-0.4, -0.2) is 7.05 Å². The van der Waals surface area contributed by atoms with Crippen molar-refractivity contribution in [1.29, 1.82) is 0 Å². The van der Waals surface area contributed by atoms with Gasteiger partial charge in [0.1, 0.15) is 0 Å². The van der Waals surface area contributed by atoms with Gasteiger partial charge in [-0.05, 0) is 36.5 Å². The summed E-state index contributed by atoms with van der Waals surface area (Å²) in [4.78, 5) is 1.36. The van der Waals surface area contributed by atoms with E-state index in [0.29, 0.717) is 6.04 Å². The molecule has 1 aromatic carbocycles. The summed E-state index contributed by atoms with van der Waals surface area (Å²) in [6.45, 7) is 2.22. The van der Waals surface area contributed by atoms with Crippen molar-refractivity contribution in [3.05, 3.63) is 47.3 Å². The molecule has 1 N–H and O–H groups in total. The van der Waals surface area contributed by atoms with Gasteiger partial charge in [0.2, 0.25) is 0 Å². The lowest BCUT2D eigenvalue weighted by Crippen LogP contribution is -2.15. The summed E-state index contributed by atoms with van der Waals surface area (Å²) < 4.78 is 1.35. The monoisotopic (exact) mass is 263 g/mol. The molecule has 2 rings (SSSR count). The van der Waals surface area contributed by atoms with Crippen molar-refractivity contribution in [3.63, 3.8) is 0 Å². The normalized spacial score (nSPS) is 12.6. The predicted molar refractivity (Wildman–Crippen MR) is 77.0 cm³/mol. The maximum atomic E-state index is 3.38. The zero-order valence-corrected chi connectivity index (χ0v) is 11.8. The van der Waals surface area contributed by atoms with Crippen molar-refractivity contribution in [2.45, 2.75) is 28.5 Å². The molecule has 0 saturated carbocycles. The molecule has 0 amide bonds. The van der Waals surface area contributed by atoms with E-state index in [9.17, 15) is 0 Å². The lowest BCUT2D eigenvalue weighted by Gasteiger charge is -2.17. The van der Waals surface area contributed by atoms with E-state index in [0.717, 1.165) is 6.42 Å². The third-order valence-electron chi connectivity index (χ3n) is 2.76. The minimum Gasteiger partial charge on any atom is -0.313 e. The van der Waals surface area contributed by atoms with Gasteiger partial charge in [-0.15, -0.1) is 11.3 Å². The van der Waals surface area contributed by atoms with Crippen molar-refractivity contribution in [3.8, 4) is 0 Å². The molecule has 1 heterocycles. The molecule has 2 aromatic rings. The van der Waals surface area contributed by atoms with Crippen LogP contribution in [0.2, 0.25) is 0 Å². The topological polar surface area (TPSA) is 12.0 Å². The van der Waals surface area contributed by atoms with E-state index in [1.807, 2.05) is 18.8 Å². The average molecular weight is 263 g/mol. The molecule has 1 atom stereocenters. The highest BCUT2D eigenvalue weighted by Crippen LogP contribution is 2.36. The SMILES string of the molecule is CCC(NC)c1ccccc1Sc1cccs1. The Labute approximate surface area is 111 Å². The zero-order valence-electron chi connectivity index (χ0n) is 10.1. The first-order valence-electron chi connectivity index (χ1n) is 5.82. The molecule has 1 unspecified atom stereocenters. The van der Waals surface area contributed by atoms with Gasteiger partial charge < -0.3 is 5.32 Å². The Bertz CT molecular complexity index is 447. The summed E-state index contributed by atoms with van der Waals surface area (Å²) in [7, 11) is 2.03. The minimum absolute atomic E-state index is 0.443. The van der Waals surface area contributed by atoms with Gasteiger partial charge in [0.05, 0.1) is 4.21 Å². The van der Waals surface area contributed by atoms with Gasteiger partial charge in [-0.2, -0.15) is 0 Å². The molecule has 17 heavy (non-hydrogen) atoms. The Morgan fingerprint density at radius 2 is 2.06 bits per heavy atom. The maximum Gasteiger partial charge on any atom is 0.0646 e. The summed E-state index contributed by atoms with van der Waals surface area (Å²) in [5.41, 5.74) is 1.40. The lowest BCUT2D eigenvalue weighted by molar-refractivity contribution is 0.568. The van der Waals surface area contributed by atoms with E-state index >= 15 is 0 Å². The van der Waals surface area contributed by atoms with Crippen molar-refractivity contribution in [2.24, 2.45) is 0 Å². The number of hydrogen-bond acceptors (Lipinski definition) is 3. The summed E-state index contributed by atoms with van der Waals surface area (Å²) >= 11 is 3.65. The van der Waals surface area contributed by atoms with Crippen LogP contribution in [0, 0.1) is 0 Å². The first-order chi connectivity index (χ1) is 8.35. The first kappa shape index (κ1) is 12.7. The largest absolute Gasteiger partial charge is 0.313 e. The average Bonchev–Trinajstić information content (AvgIpc) is 2.86. The third-order valence-corrected chi connectivity index (χ3v) is 4.89. The van der Waals surface area contributed by atoms with Gasteiger partial charge >= 0.3 is 0 Å². The quantitative estimate of drug-likeness (QED) is 0.848. The highest BCUT2D eigenvalue weighted by atomic mass is 32.2. The molecular weight excluding hydrogens is 246 g/mol. The van der Waals surface area contributed by atoms with E-state index in [-0.39, 0.29) is 0 Å². The third kappa shape index (κ3) is 3.12. The molecule has 0 saturated heterocycles. The smallest absolute Gasteiger partial charge is 0.0646 e. The molecule has 0 radical (unpaired) electrons.